The number of carbonyl (C=O) groups is 1. The van der Waals surface area contributed by atoms with Crippen molar-refractivity contribution in [3.63, 3.8) is 0 Å². The molecule has 0 aliphatic rings. The van der Waals surface area contributed by atoms with Gasteiger partial charge in [0.1, 0.15) is 5.82 Å². The van der Waals surface area contributed by atoms with Gasteiger partial charge in [-0.25, -0.2) is 4.39 Å². The molecule has 3 rings (SSSR count). The number of carbonyl (C=O) groups excluding carboxylic acids is 1. The quantitative estimate of drug-likeness (QED) is 0.648. The van der Waals surface area contributed by atoms with Crippen LogP contribution in [0.3, 0.4) is 0 Å². The Morgan fingerprint density at radius 1 is 1.15 bits per heavy atom. The molecular formula is C19H19FN2O4S. The second-order valence-corrected chi connectivity index (χ2v) is 6.61. The highest BCUT2D eigenvalue weighted by atomic mass is 32.1. The fourth-order valence-electron chi connectivity index (χ4n) is 2.68. The van der Waals surface area contributed by atoms with Crippen LogP contribution >= 0.6 is 11.3 Å². The van der Waals surface area contributed by atoms with Crippen molar-refractivity contribution in [1.82, 2.24) is 4.57 Å². The number of para-hydroxylation sites is 1. The van der Waals surface area contributed by atoms with Gasteiger partial charge in [0.15, 0.2) is 16.3 Å². The van der Waals surface area contributed by atoms with Crippen LogP contribution in [0.2, 0.25) is 0 Å². The molecule has 0 radical (unpaired) electrons. The van der Waals surface area contributed by atoms with E-state index in [0.29, 0.717) is 45.2 Å². The Hall–Kier alpha value is -2.71. The number of fused-ring (bicyclic) bond motifs is 1. The van der Waals surface area contributed by atoms with Gasteiger partial charge in [0.25, 0.3) is 5.91 Å². The van der Waals surface area contributed by atoms with Crippen LogP contribution in [0.25, 0.3) is 10.2 Å². The summed E-state index contributed by atoms with van der Waals surface area (Å²) in [5.41, 5.74) is 0.766. The van der Waals surface area contributed by atoms with Crippen LogP contribution in [0.15, 0.2) is 41.4 Å². The number of ether oxygens (including phenoxy) is 3. The predicted octanol–water partition coefficient (Wildman–Crippen LogP) is 3.25. The van der Waals surface area contributed by atoms with Gasteiger partial charge in [-0.1, -0.05) is 17.4 Å². The molecule has 1 heterocycles. The fourth-order valence-corrected chi connectivity index (χ4v) is 3.75. The van der Waals surface area contributed by atoms with Gasteiger partial charge in [-0.3, -0.25) is 4.79 Å². The van der Waals surface area contributed by atoms with Gasteiger partial charge in [0.05, 0.1) is 31.0 Å². The number of nitrogens with zero attached hydrogens (tertiary/aromatic N) is 2. The van der Waals surface area contributed by atoms with E-state index < -0.39 is 5.91 Å². The van der Waals surface area contributed by atoms with E-state index in [1.165, 1.54) is 31.6 Å². The van der Waals surface area contributed by atoms with Crippen LogP contribution in [0.1, 0.15) is 10.4 Å². The second kappa shape index (κ2) is 8.32. The van der Waals surface area contributed by atoms with Gasteiger partial charge < -0.3 is 18.8 Å². The number of hydrogen-bond acceptors (Lipinski definition) is 5. The van der Waals surface area contributed by atoms with Gasteiger partial charge in [-0.05, 0) is 30.3 Å². The highest BCUT2D eigenvalue weighted by molar-refractivity contribution is 7.16. The zero-order valence-corrected chi connectivity index (χ0v) is 16.0. The maximum Gasteiger partial charge on any atom is 0.279 e. The third-order valence-electron chi connectivity index (χ3n) is 4.00. The SMILES string of the molecule is COCCn1c(=NC(=O)c2ccc(OC)c(OC)c2)sc2cccc(F)c21. The van der Waals surface area contributed by atoms with E-state index in [4.69, 9.17) is 14.2 Å². The second-order valence-electron chi connectivity index (χ2n) is 5.60. The molecule has 0 atom stereocenters. The number of benzene rings is 2. The summed E-state index contributed by atoms with van der Waals surface area (Å²) in [6.45, 7) is 0.757. The number of halogens is 1. The topological polar surface area (TPSA) is 62.1 Å². The lowest BCUT2D eigenvalue weighted by Gasteiger charge is -2.08. The summed E-state index contributed by atoms with van der Waals surface area (Å²) in [6.07, 6.45) is 0. The zero-order valence-electron chi connectivity index (χ0n) is 15.2. The van der Waals surface area contributed by atoms with Crippen molar-refractivity contribution in [3.05, 3.63) is 52.6 Å². The number of methoxy groups -OCH3 is 3. The molecule has 3 aromatic rings. The molecule has 27 heavy (non-hydrogen) atoms. The first-order chi connectivity index (χ1) is 13.1. The van der Waals surface area contributed by atoms with Crippen molar-refractivity contribution in [1.29, 1.82) is 0 Å². The van der Waals surface area contributed by atoms with Gasteiger partial charge in [0.2, 0.25) is 0 Å². The van der Waals surface area contributed by atoms with Crippen molar-refractivity contribution in [3.8, 4) is 11.5 Å². The van der Waals surface area contributed by atoms with E-state index in [2.05, 4.69) is 4.99 Å². The van der Waals surface area contributed by atoms with Crippen LogP contribution in [0, 0.1) is 5.82 Å². The summed E-state index contributed by atoms with van der Waals surface area (Å²) in [5, 5.41) is 0. The molecule has 0 saturated heterocycles. The molecular weight excluding hydrogens is 371 g/mol. The first-order valence-electron chi connectivity index (χ1n) is 8.17. The lowest BCUT2D eigenvalue weighted by atomic mass is 10.2. The summed E-state index contributed by atoms with van der Waals surface area (Å²) in [7, 11) is 4.59. The van der Waals surface area contributed by atoms with Crippen molar-refractivity contribution >= 4 is 27.5 Å². The Bertz CT molecular complexity index is 1040. The molecule has 1 aromatic heterocycles. The smallest absolute Gasteiger partial charge is 0.279 e. The zero-order chi connectivity index (χ0) is 19.4. The molecule has 0 bridgehead atoms. The molecule has 0 aliphatic heterocycles. The van der Waals surface area contributed by atoms with Gasteiger partial charge in [-0.2, -0.15) is 4.99 Å². The summed E-state index contributed by atoms with van der Waals surface area (Å²) in [4.78, 5) is 17.3. The van der Waals surface area contributed by atoms with Crippen LogP contribution in [-0.2, 0) is 11.3 Å². The molecule has 0 unspecified atom stereocenters. The maximum atomic E-state index is 14.3. The fraction of sp³-hybridized carbons (Fsp3) is 0.263. The third kappa shape index (κ3) is 3.86. The standard InChI is InChI=1S/C19H19FN2O4S/c1-24-10-9-22-17-13(20)5-4-6-16(17)27-19(22)21-18(23)12-7-8-14(25-2)15(11-12)26-3/h4-8,11H,9-10H2,1-3H3. The first-order valence-corrected chi connectivity index (χ1v) is 8.98. The summed E-state index contributed by atoms with van der Waals surface area (Å²) < 4.78 is 32.2. The molecule has 0 spiro atoms. The lowest BCUT2D eigenvalue weighted by molar-refractivity contribution is 0.0997. The molecule has 0 N–H and O–H groups in total. The largest absolute Gasteiger partial charge is 0.493 e. The molecule has 0 aliphatic carbocycles. The van der Waals surface area contributed by atoms with E-state index in [1.807, 2.05) is 0 Å². The number of hydrogen-bond donors (Lipinski definition) is 0. The van der Waals surface area contributed by atoms with Crippen LogP contribution in [-0.4, -0.2) is 38.4 Å². The Morgan fingerprint density at radius 3 is 2.63 bits per heavy atom. The molecule has 6 nitrogen and oxygen atoms in total. The molecule has 8 heteroatoms. The Morgan fingerprint density at radius 2 is 1.93 bits per heavy atom. The predicted molar refractivity (Wildman–Crippen MR) is 101 cm³/mol. The number of amides is 1. The first kappa shape index (κ1) is 19.1. The van der Waals surface area contributed by atoms with Crippen molar-refractivity contribution in [2.45, 2.75) is 6.54 Å². The molecule has 0 fully saturated rings. The average Bonchev–Trinajstić information content (AvgIpc) is 3.03. The highest BCUT2D eigenvalue weighted by Gasteiger charge is 2.14. The van der Waals surface area contributed by atoms with Gasteiger partial charge in [0, 0.05) is 19.2 Å². The van der Waals surface area contributed by atoms with Crippen LogP contribution in [0.5, 0.6) is 11.5 Å². The Labute approximate surface area is 159 Å². The van der Waals surface area contributed by atoms with E-state index in [1.54, 1.807) is 42.0 Å². The Balaban J connectivity index is 2.09. The number of aromatic nitrogens is 1. The Kier molecular flexibility index (Phi) is 5.88. The van der Waals surface area contributed by atoms with Crippen molar-refractivity contribution in [2.75, 3.05) is 27.9 Å². The summed E-state index contributed by atoms with van der Waals surface area (Å²) >= 11 is 1.25. The van der Waals surface area contributed by atoms with E-state index >= 15 is 0 Å². The summed E-state index contributed by atoms with van der Waals surface area (Å²) in [5.74, 6) is 0.148. The summed E-state index contributed by atoms with van der Waals surface area (Å²) in [6, 6.07) is 9.64. The maximum absolute atomic E-state index is 14.3. The minimum Gasteiger partial charge on any atom is -0.493 e. The number of rotatable bonds is 6. The molecule has 142 valence electrons. The van der Waals surface area contributed by atoms with Crippen LogP contribution in [0.4, 0.5) is 4.39 Å². The van der Waals surface area contributed by atoms with E-state index in [-0.39, 0.29) is 5.82 Å². The normalized spacial score (nSPS) is 11.8. The minimum absolute atomic E-state index is 0.351. The lowest BCUT2D eigenvalue weighted by Crippen LogP contribution is -2.19. The van der Waals surface area contributed by atoms with Crippen LogP contribution < -0.4 is 14.3 Å². The van der Waals surface area contributed by atoms with Gasteiger partial charge in [-0.15, -0.1) is 0 Å². The van der Waals surface area contributed by atoms with E-state index in [0.717, 1.165) is 0 Å². The third-order valence-corrected chi connectivity index (χ3v) is 5.04. The minimum atomic E-state index is -0.450. The van der Waals surface area contributed by atoms with E-state index in [9.17, 15) is 9.18 Å². The van der Waals surface area contributed by atoms with Crippen molar-refractivity contribution < 1.29 is 23.4 Å². The van der Waals surface area contributed by atoms with Crippen molar-refractivity contribution in [2.24, 2.45) is 4.99 Å². The van der Waals surface area contributed by atoms with Gasteiger partial charge >= 0.3 is 0 Å². The highest BCUT2D eigenvalue weighted by Crippen LogP contribution is 2.28. The molecule has 2 aromatic carbocycles. The number of thiazole rings is 1. The average molecular weight is 390 g/mol. The molecule has 0 saturated carbocycles. The molecule has 1 amide bonds. The monoisotopic (exact) mass is 390 g/mol.